The summed E-state index contributed by atoms with van der Waals surface area (Å²) in [6.07, 6.45) is 14.7. The van der Waals surface area contributed by atoms with E-state index in [0.29, 0.717) is 13.0 Å². The molecule has 0 amide bonds. The maximum atomic E-state index is 11.4. The molecule has 0 heterocycles. The van der Waals surface area contributed by atoms with Crippen LogP contribution in [-0.2, 0) is 16.1 Å². The fourth-order valence-electron chi connectivity index (χ4n) is 3.65. The lowest BCUT2D eigenvalue weighted by Crippen LogP contribution is -2.23. The van der Waals surface area contributed by atoms with Gasteiger partial charge in [-0.05, 0) is 24.8 Å². The molecule has 2 unspecified atom stereocenters. The fourth-order valence-corrected chi connectivity index (χ4v) is 3.65. The van der Waals surface area contributed by atoms with Crippen molar-refractivity contribution in [3.05, 3.63) is 35.9 Å². The van der Waals surface area contributed by atoms with Gasteiger partial charge in [-0.3, -0.25) is 0 Å². The van der Waals surface area contributed by atoms with Gasteiger partial charge in [-0.25, -0.2) is 4.79 Å². The molecule has 0 aliphatic carbocycles. The van der Waals surface area contributed by atoms with Gasteiger partial charge in [-0.2, -0.15) is 0 Å². The number of hydrogen-bond acceptors (Lipinski definition) is 3. The number of carboxylic acid groups (broad SMARTS) is 1. The molecule has 1 rings (SSSR count). The van der Waals surface area contributed by atoms with E-state index >= 15 is 0 Å². The van der Waals surface area contributed by atoms with Crippen molar-refractivity contribution in [1.82, 2.24) is 0 Å². The highest BCUT2D eigenvalue weighted by atomic mass is 16.5. The first-order valence-electron chi connectivity index (χ1n) is 11.7. The summed E-state index contributed by atoms with van der Waals surface area (Å²) in [5, 5.41) is 19.0. The maximum Gasteiger partial charge on any atom is 0.332 e. The number of ether oxygens (including phenoxy) is 1. The minimum Gasteiger partial charge on any atom is -0.479 e. The molecule has 2 atom stereocenters. The topological polar surface area (TPSA) is 66.8 Å². The lowest BCUT2D eigenvalue weighted by molar-refractivity contribution is -0.151. The highest BCUT2D eigenvalue weighted by Crippen LogP contribution is 2.15. The van der Waals surface area contributed by atoms with Crippen LogP contribution in [-0.4, -0.2) is 28.4 Å². The average molecular weight is 407 g/mol. The fraction of sp³-hybridized carbons (Fsp3) is 0.720. The van der Waals surface area contributed by atoms with Crippen LogP contribution in [0.4, 0.5) is 0 Å². The Hall–Kier alpha value is -1.39. The third-order valence-corrected chi connectivity index (χ3v) is 5.45. The summed E-state index contributed by atoms with van der Waals surface area (Å²) in [7, 11) is 0. The van der Waals surface area contributed by atoms with Gasteiger partial charge in [-0.1, -0.05) is 108 Å². The van der Waals surface area contributed by atoms with Crippen LogP contribution in [0.5, 0.6) is 0 Å². The van der Waals surface area contributed by atoms with E-state index in [1.807, 2.05) is 30.3 Å². The molecule has 0 bridgehead atoms. The number of aliphatic carboxylic acids is 1. The minimum absolute atomic E-state index is 0.0931. The summed E-state index contributed by atoms with van der Waals surface area (Å²) in [6.45, 7) is 2.48. The Kier molecular flexibility index (Phi) is 15.4. The Bertz CT molecular complexity index is 503. The summed E-state index contributed by atoms with van der Waals surface area (Å²) in [5.74, 6) is -0.858. The molecule has 29 heavy (non-hydrogen) atoms. The Labute approximate surface area is 177 Å². The molecule has 2 N–H and O–H groups in total. The van der Waals surface area contributed by atoms with Crippen molar-refractivity contribution >= 4 is 5.97 Å². The lowest BCUT2D eigenvalue weighted by Gasteiger charge is -2.13. The van der Waals surface area contributed by atoms with Gasteiger partial charge in [0.25, 0.3) is 0 Å². The SMILES string of the molecule is CCCC(O)CCCCCCCCCCCCC(OCc1ccccc1)C(=O)O. The predicted octanol–water partition coefficient (Wildman–Crippen LogP) is 6.50. The lowest BCUT2D eigenvalue weighted by atomic mass is 10.0. The molecule has 0 aromatic heterocycles. The van der Waals surface area contributed by atoms with Gasteiger partial charge in [-0.15, -0.1) is 0 Å². The highest BCUT2D eigenvalue weighted by molar-refractivity contribution is 5.72. The molecule has 4 heteroatoms. The number of hydrogen-bond donors (Lipinski definition) is 2. The number of aliphatic hydroxyl groups excluding tert-OH is 1. The number of rotatable bonds is 19. The molecule has 1 aromatic rings. The third-order valence-electron chi connectivity index (χ3n) is 5.45. The van der Waals surface area contributed by atoms with E-state index in [1.54, 1.807) is 0 Å². The Morgan fingerprint density at radius 1 is 0.828 bits per heavy atom. The average Bonchev–Trinajstić information content (AvgIpc) is 2.71. The number of aliphatic hydroxyl groups is 1. The number of unbranched alkanes of at least 4 members (excludes halogenated alkanes) is 9. The Morgan fingerprint density at radius 2 is 1.34 bits per heavy atom. The standard InChI is InChI=1S/C25H42O4/c1-2-16-23(26)19-14-9-7-5-3-4-6-8-10-15-20-24(25(27)28)29-21-22-17-12-11-13-18-22/h11-13,17-18,23-24,26H,2-10,14-16,19-21H2,1H3,(H,27,28). The van der Waals surface area contributed by atoms with E-state index in [9.17, 15) is 15.0 Å². The summed E-state index contributed by atoms with van der Waals surface area (Å²) in [4.78, 5) is 11.4. The second-order valence-corrected chi connectivity index (χ2v) is 8.18. The van der Waals surface area contributed by atoms with E-state index in [4.69, 9.17) is 4.74 Å². The number of benzene rings is 1. The van der Waals surface area contributed by atoms with Gasteiger partial charge in [0.05, 0.1) is 12.7 Å². The van der Waals surface area contributed by atoms with Crippen molar-refractivity contribution in [2.24, 2.45) is 0 Å². The molecule has 0 saturated heterocycles. The zero-order valence-corrected chi connectivity index (χ0v) is 18.4. The molecular formula is C25H42O4. The predicted molar refractivity (Wildman–Crippen MR) is 119 cm³/mol. The first-order chi connectivity index (χ1) is 14.1. The summed E-state index contributed by atoms with van der Waals surface area (Å²) >= 11 is 0. The molecule has 166 valence electrons. The van der Waals surface area contributed by atoms with E-state index in [2.05, 4.69) is 6.92 Å². The van der Waals surface area contributed by atoms with E-state index in [0.717, 1.165) is 44.1 Å². The molecule has 0 aliphatic rings. The van der Waals surface area contributed by atoms with Crippen molar-refractivity contribution in [3.8, 4) is 0 Å². The largest absolute Gasteiger partial charge is 0.479 e. The van der Waals surface area contributed by atoms with Crippen LogP contribution in [0.3, 0.4) is 0 Å². The van der Waals surface area contributed by atoms with Gasteiger partial charge in [0, 0.05) is 0 Å². The van der Waals surface area contributed by atoms with Crippen LogP contribution in [0, 0.1) is 0 Å². The van der Waals surface area contributed by atoms with Crippen LogP contribution < -0.4 is 0 Å². The van der Waals surface area contributed by atoms with E-state index in [-0.39, 0.29) is 6.10 Å². The molecule has 1 aromatic carbocycles. The highest BCUT2D eigenvalue weighted by Gasteiger charge is 2.17. The first-order valence-corrected chi connectivity index (χ1v) is 11.7. The summed E-state index contributed by atoms with van der Waals surface area (Å²) < 4.78 is 5.59. The van der Waals surface area contributed by atoms with Crippen LogP contribution in [0.2, 0.25) is 0 Å². The minimum atomic E-state index is -0.858. The van der Waals surface area contributed by atoms with Crippen molar-refractivity contribution in [3.63, 3.8) is 0 Å². The van der Waals surface area contributed by atoms with Crippen molar-refractivity contribution < 1.29 is 19.7 Å². The number of carboxylic acids is 1. The second-order valence-electron chi connectivity index (χ2n) is 8.18. The number of carbonyl (C=O) groups is 1. The smallest absolute Gasteiger partial charge is 0.332 e. The van der Waals surface area contributed by atoms with Gasteiger partial charge in [0.1, 0.15) is 0 Å². The molecule has 0 spiro atoms. The van der Waals surface area contributed by atoms with Crippen LogP contribution in [0.25, 0.3) is 0 Å². The molecule has 0 aliphatic heterocycles. The Morgan fingerprint density at radius 3 is 1.86 bits per heavy atom. The second kappa shape index (κ2) is 17.5. The van der Waals surface area contributed by atoms with Gasteiger partial charge < -0.3 is 14.9 Å². The monoisotopic (exact) mass is 406 g/mol. The zero-order chi connectivity index (χ0) is 21.2. The molecule has 4 nitrogen and oxygen atoms in total. The van der Waals surface area contributed by atoms with Gasteiger partial charge in [0.2, 0.25) is 0 Å². The van der Waals surface area contributed by atoms with Crippen molar-refractivity contribution in [2.75, 3.05) is 0 Å². The third kappa shape index (κ3) is 14.3. The van der Waals surface area contributed by atoms with Crippen LogP contribution in [0.15, 0.2) is 30.3 Å². The maximum absolute atomic E-state index is 11.4. The molecular weight excluding hydrogens is 364 g/mol. The van der Waals surface area contributed by atoms with E-state index < -0.39 is 12.1 Å². The van der Waals surface area contributed by atoms with Gasteiger partial charge >= 0.3 is 5.97 Å². The van der Waals surface area contributed by atoms with Crippen LogP contribution >= 0.6 is 0 Å². The van der Waals surface area contributed by atoms with Crippen LogP contribution in [0.1, 0.15) is 102 Å². The first kappa shape index (κ1) is 25.6. The van der Waals surface area contributed by atoms with Crippen molar-refractivity contribution in [1.29, 1.82) is 0 Å². The molecule has 0 fully saturated rings. The molecule has 0 saturated carbocycles. The normalized spacial score (nSPS) is 13.3. The van der Waals surface area contributed by atoms with E-state index in [1.165, 1.54) is 44.9 Å². The zero-order valence-electron chi connectivity index (χ0n) is 18.4. The summed E-state index contributed by atoms with van der Waals surface area (Å²) in [6, 6.07) is 9.72. The quantitative estimate of drug-likeness (QED) is 0.257. The Balaban J connectivity index is 1.93. The van der Waals surface area contributed by atoms with Gasteiger partial charge in [0.15, 0.2) is 6.10 Å². The van der Waals surface area contributed by atoms with Crippen molar-refractivity contribution in [2.45, 2.75) is 116 Å². The molecule has 0 radical (unpaired) electrons. The summed E-state index contributed by atoms with van der Waals surface area (Å²) in [5.41, 5.74) is 1.01.